The van der Waals surface area contributed by atoms with E-state index >= 15 is 0 Å². The zero-order valence-corrected chi connectivity index (χ0v) is 17.1. The molecule has 7 heteroatoms. The van der Waals surface area contributed by atoms with Gasteiger partial charge in [0, 0.05) is 5.92 Å². The van der Waals surface area contributed by atoms with Gasteiger partial charge in [0.25, 0.3) is 0 Å². The van der Waals surface area contributed by atoms with Crippen molar-refractivity contribution in [1.82, 2.24) is 10.6 Å². The summed E-state index contributed by atoms with van der Waals surface area (Å²) in [7, 11) is 1.34. The van der Waals surface area contributed by atoms with Crippen molar-refractivity contribution in [2.45, 2.75) is 24.3 Å². The Kier molecular flexibility index (Phi) is 6.45. The van der Waals surface area contributed by atoms with Gasteiger partial charge in [-0.25, -0.2) is 9.59 Å². The highest BCUT2D eigenvalue weighted by Crippen LogP contribution is 2.44. The third kappa shape index (κ3) is 3.95. The summed E-state index contributed by atoms with van der Waals surface area (Å²) in [5, 5.41) is 5.97. The van der Waals surface area contributed by atoms with Crippen LogP contribution in [0.2, 0.25) is 0 Å². The first kappa shape index (κ1) is 21.1. The van der Waals surface area contributed by atoms with E-state index in [-0.39, 0.29) is 24.9 Å². The summed E-state index contributed by atoms with van der Waals surface area (Å²) >= 11 is 0. The minimum atomic E-state index is -1.03. The van der Waals surface area contributed by atoms with Crippen LogP contribution in [0.5, 0.6) is 0 Å². The quantitative estimate of drug-likeness (QED) is 0.748. The van der Waals surface area contributed by atoms with Crippen molar-refractivity contribution >= 4 is 24.5 Å². The predicted octanol–water partition coefficient (Wildman–Crippen LogP) is 3.24. The van der Waals surface area contributed by atoms with Crippen LogP contribution in [-0.4, -0.2) is 44.4 Å². The van der Waals surface area contributed by atoms with Crippen molar-refractivity contribution in [1.29, 1.82) is 0 Å². The zero-order valence-electron chi connectivity index (χ0n) is 16.3. The zero-order chi connectivity index (χ0) is 19.6. The summed E-state index contributed by atoms with van der Waals surface area (Å²) in [4.78, 5) is 24.8. The standard InChI is InChI=1S/C22H24N2O4.ClH/c1-27-20(25)22(10-12-23-13-11-22)24-21(26)28-14-19-17-8-4-2-6-15(17)16-7-3-5-9-18(16)19;/h2-9,19,23H,10-14H2,1H3,(H,24,26);1H. The first-order valence-corrected chi connectivity index (χ1v) is 9.57. The molecule has 0 unspecified atom stereocenters. The van der Waals surface area contributed by atoms with Crippen LogP contribution in [0.3, 0.4) is 0 Å². The highest BCUT2D eigenvalue weighted by Gasteiger charge is 2.42. The first-order chi connectivity index (χ1) is 13.6. The smallest absolute Gasteiger partial charge is 0.408 e. The molecular formula is C22H25ClN2O4. The summed E-state index contributed by atoms with van der Waals surface area (Å²) in [6.45, 7) is 1.49. The van der Waals surface area contributed by atoms with Crippen molar-refractivity contribution in [2.24, 2.45) is 0 Å². The van der Waals surface area contributed by atoms with E-state index in [4.69, 9.17) is 9.47 Å². The topological polar surface area (TPSA) is 76.7 Å². The van der Waals surface area contributed by atoms with Gasteiger partial charge in [0.15, 0.2) is 0 Å². The summed E-state index contributed by atoms with van der Waals surface area (Å²) in [6, 6.07) is 16.4. The molecule has 154 valence electrons. The van der Waals surface area contributed by atoms with Gasteiger partial charge < -0.3 is 20.1 Å². The number of hydrogen-bond acceptors (Lipinski definition) is 5. The molecule has 0 bridgehead atoms. The number of alkyl carbamates (subject to hydrolysis) is 1. The van der Waals surface area contributed by atoms with Gasteiger partial charge in [-0.1, -0.05) is 48.5 Å². The molecule has 1 heterocycles. The molecule has 0 radical (unpaired) electrons. The van der Waals surface area contributed by atoms with Gasteiger partial charge >= 0.3 is 12.1 Å². The van der Waals surface area contributed by atoms with Gasteiger partial charge in [-0.2, -0.15) is 0 Å². The van der Waals surface area contributed by atoms with Gasteiger partial charge in [-0.05, 0) is 48.2 Å². The number of nitrogens with one attached hydrogen (secondary N) is 2. The SMILES string of the molecule is COC(=O)C1(NC(=O)OCC2c3ccccc3-c3ccccc32)CCNCC1.Cl. The number of halogens is 1. The van der Waals surface area contributed by atoms with Gasteiger partial charge in [-0.3, -0.25) is 0 Å². The molecule has 0 aromatic heterocycles. The molecular weight excluding hydrogens is 392 g/mol. The lowest BCUT2D eigenvalue weighted by molar-refractivity contribution is -0.149. The molecule has 0 saturated carbocycles. The van der Waals surface area contributed by atoms with Gasteiger partial charge in [0.05, 0.1) is 7.11 Å². The summed E-state index contributed by atoms with van der Waals surface area (Å²) in [5.41, 5.74) is 3.64. The van der Waals surface area contributed by atoms with Crippen molar-refractivity contribution in [3.05, 3.63) is 59.7 Å². The van der Waals surface area contributed by atoms with Gasteiger partial charge in [0.2, 0.25) is 0 Å². The fourth-order valence-corrected chi connectivity index (χ4v) is 4.26. The monoisotopic (exact) mass is 416 g/mol. The number of carbonyl (C=O) groups excluding carboxylic acids is 2. The minimum Gasteiger partial charge on any atom is -0.467 e. The van der Waals surface area contributed by atoms with Crippen LogP contribution in [0.1, 0.15) is 29.9 Å². The first-order valence-electron chi connectivity index (χ1n) is 9.57. The number of amides is 1. The number of piperidine rings is 1. The van der Waals surface area contributed by atoms with E-state index in [2.05, 4.69) is 34.9 Å². The Hall–Kier alpha value is -2.57. The second-order valence-electron chi connectivity index (χ2n) is 7.27. The van der Waals surface area contributed by atoms with Crippen molar-refractivity contribution in [3.8, 4) is 11.1 Å². The maximum atomic E-state index is 12.6. The number of ether oxygens (including phenoxy) is 2. The van der Waals surface area contributed by atoms with E-state index in [1.807, 2.05) is 24.3 Å². The molecule has 0 spiro atoms. The molecule has 1 aliphatic heterocycles. The third-order valence-electron chi connectivity index (χ3n) is 5.72. The molecule has 2 N–H and O–H groups in total. The predicted molar refractivity (Wildman–Crippen MR) is 112 cm³/mol. The molecule has 1 saturated heterocycles. The second-order valence-corrected chi connectivity index (χ2v) is 7.27. The van der Waals surface area contributed by atoms with E-state index in [0.717, 1.165) is 11.1 Å². The third-order valence-corrected chi connectivity index (χ3v) is 5.72. The molecule has 0 atom stereocenters. The average Bonchev–Trinajstić information content (AvgIpc) is 3.06. The molecule has 6 nitrogen and oxygen atoms in total. The van der Waals surface area contributed by atoms with Crippen LogP contribution >= 0.6 is 12.4 Å². The molecule has 2 aromatic carbocycles. The van der Waals surface area contributed by atoms with Crippen LogP contribution in [-0.2, 0) is 14.3 Å². The normalized spacial score (nSPS) is 16.7. The van der Waals surface area contributed by atoms with Crippen LogP contribution < -0.4 is 10.6 Å². The molecule has 2 aliphatic rings. The average molecular weight is 417 g/mol. The van der Waals surface area contributed by atoms with Gasteiger partial charge in [0.1, 0.15) is 12.1 Å². The Morgan fingerprint density at radius 1 is 1.03 bits per heavy atom. The Bertz CT molecular complexity index is 850. The Labute approximate surface area is 176 Å². The number of fused-ring (bicyclic) bond motifs is 3. The lowest BCUT2D eigenvalue weighted by Crippen LogP contribution is -2.60. The number of rotatable bonds is 4. The number of methoxy groups -OCH3 is 1. The van der Waals surface area contributed by atoms with Crippen LogP contribution in [0.15, 0.2) is 48.5 Å². The summed E-state index contributed by atoms with van der Waals surface area (Å²) < 4.78 is 10.5. The van der Waals surface area contributed by atoms with E-state index in [0.29, 0.717) is 25.9 Å². The number of benzene rings is 2. The number of carbonyl (C=O) groups is 2. The van der Waals surface area contributed by atoms with E-state index in [1.165, 1.54) is 18.2 Å². The summed E-state index contributed by atoms with van der Waals surface area (Å²) in [5.74, 6) is -0.442. The second kappa shape index (κ2) is 8.84. The van der Waals surface area contributed by atoms with E-state index in [1.54, 1.807) is 0 Å². The van der Waals surface area contributed by atoms with Gasteiger partial charge in [-0.15, -0.1) is 12.4 Å². The lowest BCUT2D eigenvalue weighted by atomic mass is 9.88. The van der Waals surface area contributed by atoms with Crippen molar-refractivity contribution in [3.63, 3.8) is 0 Å². The Morgan fingerprint density at radius 2 is 1.59 bits per heavy atom. The van der Waals surface area contributed by atoms with Crippen molar-refractivity contribution in [2.75, 3.05) is 26.8 Å². The van der Waals surface area contributed by atoms with Crippen LogP contribution in [0, 0.1) is 0 Å². The highest BCUT2D eigenvalue weighted by molar-refractivity contribution is 5.86. The van der Waals surface area contributed by atoms with E-state index < -0.39 is 17.6 Å². The fourth-order valence-electron chi connectivity index (χ4n) is 4.26. The largest absolute Gasteiger partial charge is 0.467 e. The maximum absolute atomic E-state index is 12.6. The Balaban J connectivity index is 0.00000240. The number of hydrogen-bond donors (Lipinski definition) is 2. The molecule has 1 aliphatic carbocycles. The molecule has 1 amide bonds. The highest BCUT2D eigenvalue weighted by atomic mass is 35.5. The Morgan fingerprint density at radius 3 is 2.14 bits per heavy atom. The maximum Gasteiger partial charge on any atom is 0.408 e. The molecule has 29 heavy (non-hydrogen) atoms. The number of esters is 1. The minimum absolute atomic E-state index is 0. The molecule has 2 aromatic rings. The van der Waals surface area contributed by atoms with E-state index in [9.17, 15) is 9.59 Å². The summed E-state index contributed by atoms with van der Waals surface area (Å²) in [6.07, 6.45) is 0.363. The lowest BCUT2D eigenvalue weighted by Gasteiger charge is -2.35. The van der Waals surface area contributed by atoms with Crippen LogP contribution in [0.25, 0.3) is 11.1 Å². The fraction of sp³-hybridized carbons (Fsp3) is 0.364. The molecule has 4 rings (SSSR count). The molecule has 1 fully saturated rings. The van der Waals surface area contributed by atoms with Crippen molar-refractivity contribution < 1.29 is 19.1 Å². The van der Waals surface area contributed by atoms with Crippen LogP contribution in [0.4, 0.5) is 4.79 Å².